The van der Waals surface area contributed by atoms with Crippen LogP contribution in [0.2, 0.25) is 0 Å². The Morgan fingerprint density at radius 2 is 1.81 bits per heavy atom. The third-order valence-corrected chi connectivity index (χ3v) is 6.15. The number of carboxylic acid groups (broad SMARTS) is 1. The molecule has 0 amide bonds. The first-order valence-electron chi connectivity index (χ1n) is 11.7. The quantitative estimate of drug-likeness (QED) is 0.226. The highest BCUT2D eigenvalue weighted by Gasteiger charge is 2.14. The molecule has 0 fully saturated rings. The Balaban J connectivity index is 0.000000967. The lowest BCUT2D eigenvalue weighted by Gasteiger charge is -2.13. The molecule has 1 atom stereocenters. The van der Waals surface area contributed by atoms with Gasteiger partial charge in [0, 0.05) is 29.1 Å². The predicted molar refractivity (Wildman–Crippen MR) is 141 cm³/mol. The molecule has 0 spiro atoms. The normalized spacial score (nSPS) is 11.8. The number of benzene rings is 3. The van der Waals surface area contributed by atoms with E-state index >= 15 is 0 Å². The minimum absolute atomic E-state index is 0.152. The van der Waals surface area contributed by atoms with Crippen molar-refractivity contribution < 1.29 is 23.4 Å². The number of fused-ring (bicyclic) bond motifs is 3. The maximum absolute atomic E-state index is 10.7. The van der Waals surface area contributed by atoms with E-state index in [4.69, 9.17) is 18.6 Å². The Morgan fingerprint density at radius 3 is 2.56 bits per heavy atom. The zero-order chi connectivity index (χ0) is 25.5. The number of rotatable bonds is 8. The lowest BCUT2D eigenvalue weighted by molar-refractivity contribution is -0.135. The Labute approximate surface area is 210 Å². The van der Waals surface area contributed by atoms with Crippen molar-refractivity contribution in [1.82, 2.24) is 15.2 Å². The van der Waals surface area contributed by atoms with Crippen molar-refractivity contribution in [2.45, 2.75) is 26.7 Å². The molecule has 0 aliphatic heterocycles. The minimum Gasteiger partial charge on any atom is -0.480 e. The van der Waals surface area contributed by atoms with Crippen LogP contribution in [0, 0.1) is 0 Å². The number of carboxylic acids is 1. The average molecular weight is 506 g/mol. The molecule has 36 heavy (non-hydrogen) atoms. The average Bonchev–Trinajstić information content (AvgIpc) is 3.47. The number of carbonyl (C=O) groups is 1. The SMILES string of the molecule is CCC.CP(NCC(=O)O)Oc1ccc2c(c1)oc1ccc(-c3noc(Cc4ccccc4)n3)cc12. The smallest absolute Gasteiger partial charge is 0.317 e. The van der Waals surface area contributed by atoms with Crippen LogP contribution in [0.25, 0.3) is 33.3 Å². The lowest BCUT2D eigenvalue weighted by atomic mass is 10.1. The zero-order valence-electron chi connectivity index (χ0n) is 20.4. The van der Waals surface area contributed by atoms with E-state index in [9.17, 15) is 4.79 Å². The third-order valence-electron chi connectivity index (χ3n) is 5.06. The Hall–Kier alpha value is -3.74. The third kappa shape index (κ3) is 6.27. The number of nitrogens with zero attached hydrogens (tertiary/aromatic N) is 2. The topological polar surface area (TPSA) is 111 Å². The minimum atomic E-state index is -1.12. The van der Waals surface area contributed by atoms with Gasteiger partial charge in [0.15, 0.2) is 8.30 Å². The van der Waals surface area contributed by atoms with E-state index in [-0.39, 0.29) is 6.54 Å². The summed E-state index contributed by atoms with van der Waals surface area (Å²) in [5.41, 5.74) is 3.36. The van der Waals surface area contributed by atoms with Crippen molar-refractivity contribution in [3.05, 3.63) is 78.2 Å². The highest BCUT2D eigenvalue weighted by molar-refractivity contribution is 7.49. The highest BCUT2D eigenvalue weighted by Crippen LogP contribution is 2.36. The van der Waals surface area contributed by atoms with Gasteiger partial charge in [0.2, 0.25) is 11.7 Å². The van der Waals surface area contributed by atoms with E-state index in [1.165, 1.54) is 6.42 Å². The van der Waals surface area contributed by atoms with Crippen LogP contribution < -0.4 is 9.61 Å². The number of aromatic nitrogens is 2. The monoisotopic (exact) mass is 505 g/mol. The van der Waals surface area contributed by atoms with Gasteiger partial charge in [-0.3, -0.25) is 9.88 Å². The van der Waals surface area contributed by atoms with E-state index < -0.39 is 14.3 Å². The fraction of sp³-hybridized carbons (Fsp3) is 0.222. The van der Waals surface area contributed by atoms with Crippen LogP contribution in [0.1, 0.15) is 31.7 Å². The van der Waals surface area contributed by atoms with Crippen LogP contribution >= 0.6 is 8.30 Å². The van der Waals surface area contributed by atoms with Crippen molar-refractivity contribution in [3.8, 4) is 17.1 Å². The van der Waals surface area contributed by atoms with Gasteiger partial charge in [-0.1, -0.05) is 55.8 Å². The van der Waals surface area contributed by atoms with Crippen molar-refractivity contribution in [2.75, 3.05) is 13.2 Å². The molecule has 186 valence electrons. The van der Waals surface area contributed by atoms with Gasteiger partial charge >= 0.3 is 5.97 Å². The second kappa shape index (κ2) is 11.8. The van der Waals surface area contributed by atoms with Crippen LogP contribution in [0.3, 0.4) is 0 Å². The van der Waals surface area contributed by atoms with E-state index in [1.54, 1.807) is 0 Å². The van der Waals surface area contributed by atoms with Crippen LogP contribution in [-0.4, -0.2) is 34.4 Å². The first-order chi connectivity index (χ1) is 17.5. The second-order valence-corrected chi connectivity index (χ2v) is 9.66. The molecule has 1 unspecified atom stereocenters. The molecule has 0 radical (unpaired) electrons. The van der Waals surface area contributed by atoms with Crippen molar-refractivity contribution in [3.63, 3.8) is 0 Å². The fourth-order valence-electron chi connectivity index (χ4n) is 3.54. The van der Waals surface area contributed by atoms with Crippen LogP contribution in [-0.2, 0) is 11.2 Å². The molecule has 8 nitrogen and oxygen atoms in total. The fourth-order valence-corrected chi connectivity index (χ4v) is 4.39. The molecule has 2 heterocycles. The molecule has 0 saturated heterocycles. The van der Waals surface area contributed by atoms with E-state index in [0.717, 1.165) is 27.5 Å². The standard InChI is InChI=1S/C24H20N3O5P.C3H8/c1-33(25-14-23(28)29)32-17-8-9-18-19-12-16(7-10-20(19)30-21(18)13-17)24-26-22(31-27-24)11-15-5-3-2-4-6-15;1-3-2/h2-10,12-13,25H,11,14H2,1H3,(H,28,29);3H2,1-2H3. The molecular weight excluding hydrogens is 477 g/mol. The van der Waals surface area contributed by atoms with Gasteiger partial charge in [0.05, 0.1) is 13.0 Å². The Kier molecular flexibility index (Phi) is 8.31. The van der Waals surface area contributed by atoms with Gasteiger partial charge in [-0.25, -0.2) is 0 Å². The van der Waals surface area contributed by atoms with E-state index in [1.807, 2.05) is 73.4 Å². The first-order valence-corrected chi connectivity index (χ1v) is 13.4. The van der Waals surface area contributed by atoms with Gasteiger partial charge < -0.3 is 18.6 Å². The molecule has 0 bridgehead atoms. The Bertz CT molecular complexity index is 1450. The van der Waals surface area contributed by atoms with Crippen molar-refractivity contribution in [1.29, 1.82) is 0 Å². The summed E-state index contributed by atoms with van der Waals surface area (Å²) in [5, 5.41) is 17.6. The number of nitrogens with one attached hydrogen (secondary N) is 1. The van der Waals surface area contributed by atoms with Crippen LogP contribution in [0.5, 0.6) is 5.75 Å². The molecule has 3 aromatic carbocycles. The summed E-state index contributed by atoms with van der Waals surface area (Å²) in [6.07, 6.45) is 1.83. The molecular formula is C27H28N3O5P. The molecule has 2 aromatic heterocycles. The van der Waals surface area contributed by atoms with E-state index in [2.05, 4.69) is 29.1 Å². The molecule has 0 saturated carbocycles. The molecule has 0 aliphatic rings. The lowest BCUT2D eigenvalue weighted by Crippen LogP contribution is -2.19. The predicted octanol–water partition coefficient (Wildman–Crippen LogP) is 6.64. The van der Waals surface area contributed by atoms with Gasteiger partial charge in [-0.05, 0) is 35.9 Å². The Morgan fingerprint density at radius 1 is 1.03 bits per heavy atom. The van der Waals surface area contributed by atoms with Gasteiger partial charge in [-0.15, -0.1) is 0 Å². The summed E-state index contributed by atoms with van der Waals surface area (Å²) in [6.45, 7) is 5.91. The molecule has 2 N–H and O–H groups in total. The molecule has 0 aliphatic carbocycles. The van der Waals surface area contributed by atoms with Gasteiger partial charge in [0.25, 0.3) is 0 Å². The van der Waals surface area contributed by atoms with Crippen LogP contribution in [0.15, 0.2) is 75.7 Å². The van der Waals surface area contributed by atoms with Crippen molar-refractivity contribution in [2.24, 2.45) is 0 Å². The zero-order valence-corrected chi connectivity index (χ0v) is 21.3. The maximum atomic E-state index is 10.7. The number of hydrogen-bond donors (Lipinski definition) is 2. The van der Waals surface area contributed by atoms with Gasteiger partial charge in [-0.2, -0.15) is 4.98 Å². The molecule has 5 aromatic rings. The largest absolute Gasteiger partial charge is 0.480 e. The summed E-state index contributed by atoms with van der Waals surface area (Å²) < 4.78 is 17.3. The van der Waals surface area contributed by atoms with Gasteiger partial charge in [0.1, 0.15) is 16.9 Å². The van der Waals surface area contributed by atoms with E-state index in [0.29, 0.717) is 29.5 Å². The first kappa shape index (κ1) is 25.4. The van der Waals surface area contributed by atoms with Crippen LogP contribution in [0.4, 0.5) is 0 Å². The number of hydrogen-bond acceptors (Lipinski definition) is 7. The number of aliphatic carboxylic acids is 1. The number of furan rings is 1. The summed E-state index contributed by atoms with van der Waals surface area (Å²) in [7, 11) is -1.12. The summed E-state index contributed by atoms with van der Waals surface area (Å²) >= 11 is 0. The summed E-state index contributed by atoms with van der Waals surface area (Å²) in [4.78, 5) is 15.3. The summed E-state index contributed by atoms with van der Waals surface area (Å²) in [6, 6.07) is 21.3. The highest BCUT2D eigenvalue weighted by atomic mass is 31.2. The molecule has 9 heteroatoms. The maximum Gasteiger partial charge on any atom is 0.317 e. The summed E-state index contributed by atoms with van der Waals surface area (Å²) in [5.74, 6) is 0.767. The second-order valence-electron chi connectivity index (χ2n) is 8.17. The molecule has 5 rings (SSSR count). The van der Waals surface area contributed by atoms with Crippen molar-refractivity contribution >= 4 is 36.2 Å².